The van der Waals surface area contributed by atoms with Crippen molar-refractivity contribution in [2.24, 2.45) is 0 Å². The fourth-order valence-corrected chi connectivity index (χ4v) is 3.64. The molecule has 1 N–H and O–H groups in total. The molecule has 1 amide bonds. The molecular formula is C18H28N4O3. The second-order valence-corrected chi connectivity index (χ2v) is 7.58. The molecule has 4 rings (SSSR count). The van der Waals surface area contributed by atoms with Crippen molar-refractivity contribution in [3.63, 3.8) is 0 Å². The van der Waals surface area contributed by atoms with Crippen LogP contribution < -0.4 is 5.32 Å². The number of nitrogens with one attached hydrogen (secondary N) is 1. The molecule has 1 unspecified atom stereocenters. The first-order chi connectivity index (χ1) is 12.2. The van der Waals surface area contributed by atoms with Gasteiger partial charge in [-0.15, -0.1) is 0 Å². The number of nitrogens with zero attached hydrogens (tertiary/aromatic N) is 3. The maximum absolute atomic E-state index is 12.6. The summed E-state index contributed by atoms with van der Waals surface area (Å²) in [6, 6.07) is 0.602. The van der Waals surface area contributed by atoms with E-state index in [1.54, 1.807) is 0 Å². The van der Waals surface area contributed by atoms with Crippen LogP contribution in [0, 0.1) is 0 Å². The van der Waals surface area contributed by atoms with Crippen molar-refractivity contribution in [3.8, 4) is 0 Å². The van der Waals surface area contributed by atoms with Gasteiger partial charge >= 0.3 is 0 Å². The van der Waals surface area contributed by atoms with Gasteiger partial charge in [-0.1, -0.05) is 0 Å². The predicted octanol–water partition coefficient (Wildman–Crippen LogP) is 1.25. The maximum Gasteiger partial charge on any atom is 0.275 e. The number of hydrogen-bond acceptors (Lipinski definition) is 6. The maximum atomic E-state index is 12.6. The molecule has 7 heteroatoms. The Morgan fingerprint density at radius 3 is 2.68 bits per heavy atom. The van der Waals surface area contributed by atoms with Crippen molar-refractivity contribution in [3.05, 3.63) is 17.8 Å². The molecule has 1 aromatic heterocycles. The third-order valence-corrected chi connectivity index (χ3v) is 5.35. The van der Waals surface area contributed by atoms with Crippen LogP contribution in [0.1, 0.15) is 48.5 Å². The number of likely N-dealkylation sites (N-methyl/N-ethyl adjacent to an activating group) is 1. The fourth-order valence-electron chi connectivity index (χ4n) is 3.64. The Kier molecular flexibility index (Phi) is 5.05. The minimum absolute atomic E-state index is 0.0273. The van der Waals surface area contributed by atoms with Gasteiger partial charge in [0.1, 0.15) is 6.26 Å². The van der Waals surface area contributed by atoms with E-state index in [-0.39, 0.29) is 12.0 Å². The number of carbonyl (C=O) groups excluding carboxylic acids is 1. The highest BCUT2D eigenvalue weighted by Gasteiger charge is 2.29. The van der Waals surface area contributed by atoms with Gasteiger partial charge in [0.05, 0.1) is 18.8 Å². The van der Waals surface area contributed by atoms with Gasteiger partial charge in [0.15, 0.2) is 5.69 Å². The standard InChI is InChI=1S/C18H28N4O3/c1-21-7-4-15(11-21)25-14-5-8-22(9-6-14)18(23)16-12-24-17(20-16)10-19-13-2-3-13/h12-15,19H,2-11H2,1H3. The Morgan fingerprint density at radius 2 is 2.00 bits per heavy atom. The van der Waals surface area contributed by atoms with E-state index in [2.05, 4.69) is 22.2 Å². The first-order valence-corrected chi connectivity index (χ1v) is 9.48. The summed E-state index contributed by atoms with van der Waals surface area (Å²) in [6.45, 7) is 4.20. The summed E-state index contributed by atoms with van der Waals surface area (Å²) in [5.41, 5.74) is 0.421. The predicted molar refractivity (Wildman–Crippen MR) is 92.3 cm³/mol. The Balaban J connectivity index is 1.23. The van der Waals surface area contributed by atoms with Crippen molar-refractivity contribution in [2.45, 2.75) is 56.9 Å². The second-order valence-electron chi connectivity index (χ2n) is 7.58. The van der Waals surface area contributed by atoms with Gasteiger partial charge in [0.25, 0.3) is 5.91 Å². The van der Waals surface area contributed by atoms with Gasteiger partial charge in [0.2, 0.25) is 5.89 Å². The number of piperidine rings is 1. The van der Waals surface area contributed by atoms with Crippen LogP contribution >= 0.6 is 0 Å². The summed E-state index contributed by atoms with van der Waals surface area (Å²) < 4.78 is 11.6. The van der Waals surface area contributed by atoms with Crippen molar-refractivity contribution in [2.75, 3.05) is 33.2 Å². The molecule has 0 spiro atoms. The Morgan fingerprint density at radius 1 is 1.24 bits per heavy atom. The molecule has 0 bridgehead atoms. The second kappa shape index (κ2) is 7.43. The Hall–Kier alpha value is -1.44. The molecule has 0 aromatic carbocycles. The lowest BCUT2D eigenvalue weighted by molar-refractivity contribution is -0.0335. The molecule has 1 aromatic rings. The molecule has 2 aliphatic heterocycles. The molecule has 0 radical (unpaired) electrons. The number of aromatic nitrogens is 1. The minimum atomic E-state index is -0.0273. The number of likely N-dealkylation sites (tertiary alicyclic amines) is 2. The number of ether oxygens (including phenoxy) is 1. The van der Waals surface area contributed by atoms with Crippen LogP contribution in [0.3, 0.4) is 0 Å². The van der Waals surface area contributed by atoms with Crippen LogP contribution in [0.4, 0.5) is 0 Å². The summed E-state index contributed by atoms with van der Waals surface area (Å²) >= 11 is 0. The van der Waals surface area contributed by atoms with E-state index in [4.69, 9.17) is 9.15 Å². The van der Waals surface area contributed by atoms with Gasteiger partial charge in [-0.2, -0.15) is 0 Å². The quantitative estimate of drug-likeness (QED) is 0.834. The Labute approximate surface area is 148 Å². The van der Waals surface area contributed by atoms with Gasteiger partial charge in [0, 0.05) is 32.2 Å². The van der Waals surface area contributed by atoms with Gasteiger partial charge in [-0.3, -0.25) is 4.79 Å². The molecule has 7 nitrogen and oxygen atoms in total. The highest BCUT2D eigenvalue weighted by Crippen LogP contribution is 2.21. The Bertz CT molecular complexity index is 593. The zero-order valence-electron chi connectivity index (χ0n) is 14.9. The number of oxazole rings is 1. The molecular weight excluding hydrogens is 320 g/mol. The normalized spacial score (nSPS) is 25.6. The summed E-state index contributed by atoms with van der Waals surface area (Å²) in [7, 11) is 2.14. The molecule has 3 heterocycles. The topological polar surface area (TPSA) is 70.8 Å². The minimum Gasteiger partial charge on any atom is -0.447 e. The van der Waals surface area contributed by atoms with Crippen LogP contribution in [0.15, 0.2) is 10.7 Å². The third-order valence-electron chi connectivity index (χ3n) is 5.35. The van der Waals surface area contributed by atoms with E-state index < -0.39 is 0 Å². The van der Waals surface area contributed by atoms with E-state index in [1.165, 1.54) is 19.1 Å². The van der Waals surface area contributed by atoms with E-state index in [0.717, 1.165) is 45.4 Å². The fraction of sp³-hybridized carbons (Fsp3) is 0.778. The molecule has 1 saturated carbocycles. The zero-order chi connectivity index (χ0) is 17.2. The van der Waals surface area contributed by atoms with Crippen LogP contribution in [0.2, 0.25) is 0 Å². The monoisotopic (exact) mass is 348 g/mol. The summed E-state index contributed by atoms with van der Waals surface area (Å²) in [5, 5.41) is 3.35. The lowest BCUT2D eigenvalue weighted by atomic mass is 10.1. The zero-order valence-corrected chi connectivity index (χ0v) is 14.9. The SMILES string of the molecule is CN1CCC(OC2CCN(C(=O)c3coc(CNC4CC4)n3)CC2)C1. The molecule has 3 aliphatic rings. The van der Waals surface area contributed by atoms with E-state index >= 15 is 0 Å². The van der Waals surface area contributed by atoms with Gasteiger partial charge in [-0.25, -0.2) is 4.98 Å². The largest absolute Gasteiger partial charge is 0.447 e. The summed E-state index contributed by atoms with van der Waals surface area (Å²) in [4.78, 5) is 21.1. The van der Waals surface area contributed by atoms with E-state index in [9.17, 15) is 4.79 Å². The number of rotatable bonds is 6. The first-order valence-electron chi connectivity index (χ1n) is 9.48. The van der Waals surface area contributed by atoms with Gasteiger partial charge in [-0.05, 0) is 39.2 Å². The third kappa shape index (κ3) is 4.40. The molecule has 1 aliphatic carbocycles. The average Bonchev–Trinajstić information content (AvgIpc) is 3.18. The van der Waals surface area contributed by atoms with Crippen molar-refractivity contribution < 1.29 is 13.9 Å². The lowest BCUT2D eigenvalue weighted by Crippen LogP contribution is -2.42. The van der Waals surface area contributed by atoms with Gasteiger partial charge < -0.3 is 24.3 Å². The van der Waals surface area contributed by atoms with Crippen molar-refractivity contribution in [1.29, 1.82) is 0 Å². The number of carbonyl (C=O) groups is 1. The van der Waals surface area contributed by atoms with Crippen molar-refractivity contribution >= 4 is 5.91 Å². The van der Waals surface area contributed by atoms with Crippen LogP contribution in [-0.2, 0) is 11.3 Å². The van der Waals surface area contributed by atoms with E-state index in [1.807, 2.05) is 4.90 Å². The highest BCUT2D eigenvalue weighted by atomic mass is 16.5. The number of hydrogen-bond donors (Lipinski definition) is 1. The molecule has 138 valence electrons. The molecule has 3 fully saturated rings. The average molecular weight is 348 g/mol. The first kappa shape index (κ1) is 17.0. The highest BCUT2D eigenvalue weighted by molar-refractivity contribution is 5.92. The van der Waals surface area contributed by atoms with Crippen LogP contribution in [-0.4, -0.2) is 72.2 Å². The molecule has 2 saturated heterocycles. The van der Waals surface area contributed by atoms with Crippen LogP contribution in [0.25, 0.3) is 0 Å². The summed E-state index contributed by atoms with van der Waals surface area (Å²) in [6.07, 6.45) is 7.49. The molecule has 25 heavy (non-hydrogen) atoms. The summed E-state index contributed by atoms with van der Waals surface area (Å²) in [5.74, 6) is 0.569. The molecule has 1 atom stereocenters. The van der Waals surface area contributed by atoms with Crippen LogP contribution in [0.5, 0.6) is 0 Å². The van der Waals surface area contributed by atoms with E-state index in [0.29, 0.717) is 30.3 Å². The number of amides is 1. The van der Waals surface area contributed by atoms with Crippen molar-refractivity contribution in [1.82, 2.24) is 20.1 Å². The smallest absolute Gasteiger partial charge is 0.275 e. The lowest BCUT2D eigenvalue weighted by Gasteiger charge is -2.32.